The second-order valence-electron chi connectivity index (χ2n) is 4.91. The monoisotopic (exact) mass is 241 g/mol. The van der Waals surface area contributed by atoms with Gasteiger partial charge in [-0.1, -0.05) is 12.2 Å². The van der Waals surface area contributed by atoms with Gasteiger partial charge in [0.05, 0.1) is 19.6 Å². The molecule has 0 spiro atoms. The van der Waals surface area contributed by atoms with E-state index in [0.29, 0.717) is 6.54 Å². The third-order valence-corrected chi connectivity index (χ3v) is 2.29. The van der Waals surface area contributed by atoms with Crippen LogP contribution in [-0.2, 0) is 14.3 Å². The van der Waals surface area contributed by atoms with Crippen LogP contribution in [0.2, 0.25) is 0 Å². The first-order chi connectivity index (χ1) is 7.83. The van der Waals surface area contributed by atoms with Crippen molar-refractivity contribution < 1.29 is 19.1 Å². The van der Waals surface area contributed by atoms with Gasteiger partial charge in [0.15, 0.2) is 0 Å². The molecule has 96 valence electrons. The van der Waals surface area contributed by atoms with Crippen LogP contribution in [0.5, 0.6) is 0 Å². The van der Waals surface area contributed by atoms with E-state index < -0.39 is 11.7 Å². The number of carbonyl (C=O) groups excluding carboxylic acids is 2. The Balaban J connectivity index is 2.59. The van der Waals surface area contributed by atoms with Crippen molar-refractivity contribution in [3.05, 3.63) is 12.2 Å². The first-order valence-electron chi connectivity index (χ1n) is 5.56. The molecule has 0 aromatic rings. The molecule has 1 unspecified atom stereocenters. The lowest BCUT2D eigenvalue weighted by molar-refractivity contribution is -0.141. The van der Waals surface area contributed by atoms with Gasteiger partial charge in [0.2, 0.25) is 0 Å². The average molecular weight is 241 g/mol. The van der Waals surface area contributed by atoms with E-state index in [4.69, 9.17) is 4.74 Å². The van der Waals surface area contributed by atoms with Crippen LogP contribution in [0, 0.1) is 0 Å². The van der Waals surface area contributed by atoms with Crippen molar-refractivity contribution in [2.45, 2.75) is 38.8 Å². The van der Waals surface area contributed by atoms with E-state index in [-0.39, 0.29) is 18.4 Å². The van der Waals surface area contributed by atoms with E-state index in [9.17, 15) is 9.59 Å². The number of nitrogens with zero attached hydrogens (tertiary/aromatic N) is 1. The SMILES string of the molecule is COC(=O)CC1C=CCN1C(=O)OC(C)(C)C. The summed E-state index contributed by atoms with van der Waals surface area (Å²) >= 11 is 0. The summed E-state index contributed by atoms with van der Waals surface area (Å²) in [6.07, 6.45) is 3.42. The lowest BCUT2D eigenvalue weighted by Gasteiger charge is -2.28. The maximum absolute atomic E-state index is 11.9. The Kier molecular flexibility index (Phi) is 4.15. The highest BCUT2D eigenvalue weighted by atomic mass is 16.6. The van der Waals surface area contributed by atoms with Crippen LogP contribution in [-0.4, -0.2) is 42.3 Å². The normalized spacial score (nSPS) is 19.3. The Morgan fingerprint density at radius 1 is 1.41 bits per heavy atom. The summed E-state index contributed by atoms with van der Waals surface area (Å²) < 4.78 is 9.85. The summed E-state index contributed by atoms with van der Waals surface area (Å²) in [4.78, 5) is 24.6. The first kappa shape index (κ1) is 13.5. The van der Waals surface area contributed by atoms with Crippen LogP contribution in [0.15, 0.2) is 12.2 Å². The molecule has 0 saturated carbocycles. The fraction of sp³-hybridized carbons (Fsp3) is 0.667. The zero-order valence-electron chi connectivity index (χ0n) is 10.7. The predicted octanol–water partition coefficient (Wildman–Crippen LogP) is 1.72. The van der Waals surface area contributed by atoms with Crippen molar-refractivity contribution in [1.29, 1.82) is 0 Å². The molecule has 1 aliphatic heterocycles. The molecular weight excluding hydrogens is 222 g/mol. The van der Waals surface area contributed by atoms with Crippen LogP contribution in [0.3, 0.4) is 0 Å². The van der Waals surface area contributed by atoms with Gasteiger partial charge >= 0.3 is 12.1 Å². The van der Waals surface area contributed by atoms with Gasteiger partial charge < -0.3 is 9.47 Å². The van der Waals surface area contributed by atoms with E-state index in [1.165, 1.54) is 12.0 Å². The lowest BCUT2D eigenvalue weighted by Crippen LogP contribution is -2.41. The molecule has 1 heterocycles. The highest BCUT2D eigenvalue weighted by Crippen LogP contribution is 2.18. The van der Waals surface area contributed by atoms with E-state index in [2.05, 4.69) is 4.74 Å². The Morgan fingerprint density at radius 2 is 2.06 bits per heavy atom. The van der Waals surface area contributed by atoms with Crippen LogP contribution < -0.4 is 0 Å². The summed E-state index contributed by atoms with van der Waals surface area (Å²) in [5, 5.41) is 0. The molecule has 1 amide bonds. The van der Waals surface area contributed by atoms with E-state index >= 15 is 0 Å². The van der Waals surface area contributed by atoms with Crippen LogP contribution in [0.25, 0.3) is 0 Å². The molecule has 0 bridgehead atoms. The third kappa shape index (κ3) is 4.09. The molecule has 1 rings (SSSR count). The van der Waals surface area contributed by atoms with Gasteiger partial charge in [-0.3, -0.25) is 9.69 Å². The molecule has 0 aromatic heterocycles. The topological polar surface area (TPSA) is 55.8 Å². The summed E-state index contributed by atoms with van der Waals surface area (Å²) in [6, 6.07) is -0.266. The number of carbonyl (C=O) groups is 2. The molecule has 1 aliphatic rings. The highest BCUT2D eigenvalue weighted by molar-refractivity contribution is 5.74. The maximum Gasteiger partial charge on any atom is 0.411 e. The number of hydrogen-bond acceptors (Lipinski definition) is 4. The minimum atomic E-state index is -0.532. The smallest absolute Gasteiger partial charge is 0.411 e. The zero-order valence-corrected chi connectivity index (χ0v) is 10.7. The van der Waals surface area contributed by atoms with Crippen molar-refractivity contribution in [3.63, 3.8) is 0 Å². The molecule has 5 nitrogen and oxygen atoms in total. The van der Waals surface area contributed by atoms with Gasteiger partial charge in [-0.25, -0.2) is 4.79 Å². The van der Waals surface area contributed by atoms with Gasteiger partial charge in [-0.2, -0.15) is 0 Å². The lowest BCUT2D eigenvalue weighted by atomic mass is 10.2. The molecule has 5 heteroatoms. The van der Waals surface area contributed by atoms with Crippen LogP contribution >= 0.6 is 0 Å². The van der Waals surface area contributed by atoms with E-state index in [1.807, 2.05) is 32.9 Å². The Morgan fingerprint density at radius 3 is 2.59 bits per heavy atom. The minimum Gasteiger partial charge on any atom is -0.469 e. The van der Waals surface area contributed by atoms with Crippen molar-refractivity contribution >= 4 is 12.1 Å². The number of hydrogen-bond donors (Lipinski definition) is 0. The Bertz CT molecular complexity index is 330. The molecule has 0 N–H and O–H groups in total. The van der Waals surface area contributed by atoms with Crippen molar-refractivity contribution in [1.82, 2.24) is 4.90 Å². The van der Waals surface area contributed by atoms with Crippen molar-refractivity contribution in [3.8, 4) is 0 Å². The quantitative estimate of drug-likeness (QED) is 0.545. The van der Waals surface area contributed by atoms with Crippen LogP contribution in [0.4, 0.5) is 4.79 Å². The summed E-state index contributed by atoms with van der Waals surface area (Å²) in [5.41, 5.74) is -0.532. The second-order valence-corrected chi connectivity index (χ2v) is 4.91. The minimum absolute atomic E-state index is 0.159. The largest absolute Gasteiger partial charge is 0.469 e. The van der Waals surface area contributed by atoms with Gasteiger partial charge in [-0.05, 0) is 20.8 Å². The molecule has 0 fully saturated rings. The summed E-state index contributed by atoms with van der Waals surface area (Å²) in [7, 11) is 1.33. The number of methoxy groups -OCH3 is 1. The molecule has 0 radical (unpaired) electrons. The zero-order chi connectivity index (χ0) is 13.1. The first-order valence-corrected chi connectivity index (χ1v) is 5.56. The molecular formula is C12H19NO4. The highest BCUT2D eigenvalue weighted by Gasteiger charge is 2.30. The van der Waals surface area contributed by atoms with Gasteiger partial charge in [0.1, 0.15) is 5.60 Å². The third-order valence-electron chi connectivity index (χ3n) is 2.29. The average Bonchev–Trinajstić information content (AvgIpc) is 2.63. The maximum atomic E-state index is 11.9. The van der Waals surface area contributed by atoms with Gasteiger partial charge in [0, 0.05) is 6.54 Å². The Hall–Kier alpha value is -1.52. The summed E-state index contributed by atoms with van der Waals surface area (Å²) in [5.74, 6) is -0.338. The number of ether oxygens (including phenoxy) is 2. The van der Waals surface area contributed by atoms with E-state index in [1.54, 1.807) is 0 Å². The molecule has 0 aliphatic carbocycles. The fourth-order valence-electron chi connectivity index (χ4n) is 1.53. The standard InChI is InChI=1S/C12H19NO4/c1-12(2,3)17-11(15)13-7-5-6-9(13)8-10(14)16-4/h5-6,9H,7-8H2,1-4H3. The molecule has 0 aromatic carbocycles. The molecule has 0 saturated heterocycles. The van der Waals surface area contributed by atoms with Crippen molar-refractivity contribution in [2.75, 3.05) is 13.7 Å². The van der Waals surface area contributed by atoms with Crippen LogP contribution in [0.1, 0.15) is 27.2 Å². The van der Waals surface area contributed by atoms with E-state index in [0.717, 1.165) is 0 Å². The molecule has 17 heavy (non-hydrogen) atoms. The number of esters is 1. The molecule has 1 atom stereocenters. The summed E-state index contributed by atoms with van der Waals surface area (Å²) in [6.45, 7) is 5.90. The predicted molar refractivity (Wildman–Crippen MR) is 62.5 cm³/mol. The number of rotatable bonds is 2. The van der Waals surface area contributed by atoms with Crippen molar-refractivity contribution in [2.24, 2.45) is 0 Å². The number of amides is 1. The van der Waals surface area contributed by atoms with Gasteiger partial charge in [-0.15, -0.1) is 0 Å². The van der Waals surface area contributed by atoms with Gasteiger partial charge in [0.25, 0.3) is 0 Å². The second kappa shape index (κ2) is 5.21. The Labute approximate surface area is 101 Å². The fourth-order valence-corrected chi connectivity index (χ4v) is 1.53.